The van der Waals surface area contributed by atoms with Crippen molar-refractivity contribution in [2.75, 3.05) is 0 Å². The monoisotopic (exact) mass is 204 g/mol. The van der Waals surface area contributed by atoms with E-state index in [1.54, 1.807) is 12.4 Å². The Balaban J connectivity index is 0.000000810. The Morgan fingerprint density at radius 3 is 2.80 bits per heavy atom. The molecule has 54 valence electrons. The summed E-state index contributed by atoms with van der Waals surface area (Å²) in [4.78, 5) is 13.1. The van der Waals surface area contributed by atoms with Gasteiger partial charge < -0.3 is 10.7 Å². The molecule has 0 aliphatic heterocycles. The first-order valence-electron chi connectivity index (χ1n) is 2.69. The van der Waals surface area contributed by atoms with Crippen molar-refractivity contribution in [2.24, 2.45) is 5.73 Å². The van der Waals surface area contributed by atoms with E-state index in [1.165, 1.54) is 0 Å². The molecule has 0 unspecified atom stereocenters. The predicted octanol–water partition coefficient (Wildman–Crippen LogP) is -0.338. The molecule has 1 aromatic heterocycles. The van der Waals surface area contributed by atoms with Crippen LogP contribution in [0.1, 0.15) is 5.56 Å². The number of carbonyl (C=O) groups is 1. The van der Waals surface area contributed by atoms with Gasteiger partial charge in [-0.2, -0.15) is 0 Å². The second-order valence-electron chi connectivity index (χ2n) is 1.86. The van der Waals surface area contributed by atoms with Crippen LogP contribution in [-0.4, -0.2) is 28.0 Å². The number of aromatic nitrogens is 1. The van der Waals surface area contributed by atoms with E-state index in [-0.39, 0.29) is 23.0 Å². The van der Waals surface area contributed by atoms with E-state index in [1.807, 2.05) is 6.07 Å². The third-order valence-electron chi connectivity index (χ3n) is 1.04. The number of nitrogens with one attached hydrogen (secondary N) is 1. The largest absolute Gasteiger partial charge is 0.369 e. The van der Waals surface area contributed by atoms with Gasteiger partial charge >= 0.3 is 0 Å². The van der Waals surface area contributed by atoms with Crippen molar-refractivity contribution in [3.63, 3.8) is 0 Å². The number of H-pyrrole nitrogens is 1. The summed E-state index contributed by atoms with van der Waals surface area (Å²) in [5.74, 6) is -0.297. The van der Waals surface area contributed by atoms with Gasteiger partial charge in [-0.05, 0) is 11.6 Å². The van der Waals surface area contributed by atoms with Crippen molar-refractivity contribution >= 4 is 23.0 Å². The van der Waals surface area contributed by atoms with Crippen molar-refractivity contribution in [1.29, 1.82) is 0 Å². The van der Waals surface area contributed by atoms with Gasteiger partial charge in [-0.3, -0.25) is 4.79 Å². The van der Waals surface area contributed by atoms with Crippen molar-refractivity contribution in [1.82, 2.24) is 4.98 Å². The second kappa shape index (κ2) is 4.14. The van der Waals surface area contributed by atoms with Crippen LogP contribution in [0.15, 0.2) is 18.5 Å². The molecule has 0 bridgehead atoms. The third kappa shape index (κ3) is 2.71. The normalized spacial score (nSPS) is 8.40. The topological polar surface area (TPSA) is 58.9 Å². The minimum Gasteiger partial charge on any atom is -0.369 e. The molecule has 4 heteroatoms. The third-order valence-corrected chi connectivity index (χ3v) is 1.04. The number of nitrogens with two attached hydrogens (primary N) is 1. The first-order chi connectivity index (χ1) is 4.29. The van der Waals surface area contributed by atoms with Crippen LogP contribution in [0.5, 0.6) is 0 Å². The van der Waals surface area contributed by atoms with Gasteiger partial charge in [-0.25, -0.2) is 0 Å². The van der Waals surface area contributed by atoms with Crippen molar-refractivity contribution in [2.45, 2.75) is 6.42 Å². The van der Waals surface area contributed by atoms with E-state index in [2.05, 4.69) is 4.98 Å². The van der Waals surface area contributed by atoms with E-state index in [4.69, 9.17) is 5.73 Å². The first kappa shape index (κ1) is 9.27. The predicted molar refractivity (Wildman–Crippen MR) is 39.4 cm³/mol. The zero-order chi connectivity index (χ0) is 6.69. The summed E-state index contributed by atoms with van der Waals surface area (Å²) < 4.78 is 0. The Hall–Kier alpha value is -0.731. The molecule has 0 saturated carbocycles. The molecule has 2 radical (unpaired) electrons. The van der Waals surface area contributed by atoms with Crippen LogP contribution in [0.3, 0.4) is 0 Å². The molecule has 1 aromatic rings. The van der Waals surface area contributed by atoms with Gasteiger partial charge in [-0.15, -0.1) is 0 Å². The van der Waals surface area contributed by atoms with E-state index in [0.29, 0.717) is 6.42 Å². The molecule has 1 rings (SSSR count). The van der Waals surface area contributed by atoms with Crippen LogP contribution in [0, 0.1) is 0 Å². The van der Waals surface area contributed by atoms with Crippen LogP contribution in [0.4, 0.5) is 0 Å². The Morgan fingerprint density at radius 1 is 1.70 bits per heavy atom. The summed E-state index contributed by atoms with van der Waals surface area (Å²) in [5, 5.41) is 0. The van der Waals surface area contributed by atoms with Crippen LogP contribution < -0.4 is 5.73 Å². The number of aromatic amines is 1. The maximum Gasteiger partial charge on any atom is 0.221 e. The van der Waals surface area contributed by atoms with Crippen LogP contribution in [0.25, 0.3) is 0 Å². The van der Waals surface area contributed by atoms with Gasteiger partial charge in [0.15, 0.2) is 0 Å². The molecule has 0 spiro atoms. The fourth-order valence-electron chi connectivity index (χ4n) is 0.670. The number of primary amides is 1. The molecule has 0 aliphatic carbocycles. The second-order valence-corrected chi connectivity index (χ2v) is 1.86. The van der Waals surface area contributed by atoms with Crippen molar-refractivity contribution in [3.05, 3.63) is 24.0 Å². The summed E-state index contributed by atoms with van der Waals surface area (Å²) in [7, 11) is 0. The quantitative estimate of drug-likeness (QED) is 0.635. The van der Waals surface area contributed by atoms with Crippen LogP contribution in [-0.2, 0) is 11.2 Å². The molecule has 0 aliphatic rings. The average molecular weight is 203 g/mol. The maximum atomic E-state index is 10.3. The molecule has 0 fully saturated rings. The van der Waals surface area contributed by atoms with E-state index in [0.717, 1.165) is 5.56 Å². The summed E-state index contributed by atoms with van der Waals surface area (Å²) >= 11 is 0. The molecule has 1 amide bonds. The van der Waals surface area contributed by atoms with Gasteiger partial charge in [0.05, 0.1) is 6.42 Å². The number of amides is 1. The van der Waals surface area contributed by atoms with E-state index in [9.17, 15) is 4.79 Å². The Kier molecular flexibility index (Phi) is 3.84. The Morgan fingerprint density at radius 2 is 2.40 bits per heavy atom. The van der Waals surface area contributed by atoms with Crippen molar-refractivity contribution in [3.8, 4) is 0 Å². The van der Waals surface area contributed by atoms with Crippen LogP contribution in [0.2, 0.25) is 0 Å². The Bertz CT molecular complexity index is 196. The average Bonchev–Trinajstić information content (AvgIpc) is 2.15. The van der Waals surface area contributed by atoms with E-state index >= 15 is 0 Å². The molecular formula is C6H8N2OSe. The molecule has 1 heterocycles. The minimum atomic E-state index is -0.297. The molecule has 3 nitrogen and oxygen atoms in total. The minimum absolute atomic E-state index is 0. The first-order valence-corrected chi connectivity index (χ1v) is 2.69. The van der Waals surface area contributed by atoms with Gasteiger partial charge in [0.2, 0.25) is 5.91 Å². The van der Waals surface area contributed by atoms with Gasteiger partial charge in [0.1, 0.15) is 0 Å². The fraction of sp³-hybridized carbons (Fsp3) is 0.167. The standard InChI is InChI=1S/C6H8N2O.Se/c7-6(9)3-5-1-2-8-4-5;/h1-2,4,8H,3H2,(H2,7,9);. The SMILES string of the molecule is NC(=O)Cc1cc[nH]c1.[Se]. The number of rotatable bonds is 2. The van der Waals surface area contributed by atoms with Gasteiger partial charge in [0.25, 0.3) is 0 Å². The van der Waals surface area contributed by atoms with Crippen molar-refractivity contribution < 1.29 is 4.79 Å². The van der Waals surface area contributed by atoms with Gasteiger partial charge in [-0.1, -0.05) is 0 Å². The fourth-order valence-corrected chi connectivity index (χ4v) is 0.670. The molecule has 0 atom stereocenters. The summed E-state index contributed by atoms with van der Waals surface area (Å²) in [6, 6.07) is 1.82. The number of hydrogen-bond acceptors (Lipinski definition) is 1. The van der Waals surface area contributed by atoms with Gasteiger partial charge in [0, 0.05) is 29.5 Å². The smallest absolute Gasteiger partial charge is 0.221 e. The molecular weight excluding hydrogens is 195 g/mol. The summed E-state index contributed by atoms with van der Waals surface area (Å²) in [6.45, 7) is 0. The van der Waals surface area contributed by atoms with Crippen LogP contribution >= 0.6 is 0 Å². The number of hydrogen-bond donors (Lipinski definition) is 2. The Labute approximate surface area is 69.5 Å². The molecule has 3 N–H and O–H groups in total. The number of carbonyl (C=O) groups excluding carboxylic acids is 1. The molecule has 0 saturated heterocycles. The summed E-state index contributed by atoms with van der Waals surface area (Å²) in [6.07, 6.45) is 3.84. The molecule has 0 aromatic carbocycles. The zero-order valence-electron chi connectivity index (χ0n) is 5.33. The maximum absolute atomic E-state index is 10.3. The zero-order valence-corrected chi connectivity index (χ0v) is 7.05. The summed E-state index contributed by atoms with van der Waals surface area (Å²) in [5.41, 5.74) is 5.86. The molecule has 10 heavy (non-hydrogen) atoms. The van der Waals surface area contributed by atoms with E-state index < -0.39 is 0 Å².